The van der Waals surface area contributed by atoms with Crippen molar-refractivity contribution in [1.29, 1.82) is 0 Å². The number of rotatable bonds is 3. The lowest BCUT2D eigenvalue weighted by Gasteiger charge is -2.21. The summed E-state index contributed by atoms with van der Waals surface area (Å²) in [7, 11) is 0. The van der Waals surface area contributed by atoms with Crippen LogP contribution < -0.4 is 5.43 Å². The molecule has 1 aliphatic heterocycles. The van der Waals surface area contributed by atoms with Crippen molar-refractivity contribution in [1.82, 2.24) is 10.3 Å². The molecular formula is C14H20N4O2. The van der Waals surface area contributed by atoms with Crippen LogP contribution in [0.1, 0.15) is 31.9 Å². The number of aliphatic imine (C=N–C) groups is 1. The van der Waals surface area contributed by atoms with E-state index in [4.69, 9.17) is 0 Å². The molecule has 0 bridgehead atoms. The van der Waals surface area contributed by atoms with Gasteiger partial charge in [-0.3, -0.25) is 0 Å². The van der Waals surface area contributed by atoms with Crippen LogP contribution >= 0.6 is 0 Å². The van der Waals surface area contributed by atoms with Gasteiger partial charge in [0.05, 0.1) is 6.54 Å². The molecule has 0 amide bonds. The molecule has 0 atom stereocenters. The summed E-state index contributed by atoms with van der Waals surface area (Å²) in [5.41, 5.74) is 4.68. The van der Waals surface area contributed by atoms with Gasteiger partial charge in [-0.1, -0.05) is 50.5 Å². The second kappa shape index (κ2) is 5.48. The zero-order valence-corrected chi connectivity index (χ0v) is 12.1. The van der Waals surface area contributed by atoms with E-state index in [1.54, 1.807) is 0 Å². The first kappa shape index (κ1) is 14.3. The van der Waals surface area contributed by atoms with E-state index in [1.165, 1.54) is 5.56 Å². The normalized spacial score (nSPS) is 15.2. The molecule has 1 heterocycles. The zero-order chi connectivity index (χ0) is 14.8. The number of nitro groups is 1. The molecule has 0 spiro atoms. The Bertz CT molecular complexity index is 517. The quantitative estimate of drug-likeness (QED) is 0.676. The minimum atomic E-state index is -0.570. The highest BCUT2D eigenvalue weighted by atomic mass is 16.7. The van der Waals surface area contributed by atoms with Crippen molar-refractivity contribution in [3.8, 4) is 0 Å². The van der Waals surface area contributed by atoms with Crippen LogP contribution in [0.5, 0.6) is 0 Å². The van der Waals surface area contributed by atoms with Crippen molar-refractivity contribution >= 4 is 5.96 Å². The first-order valence-electron chi connectivity index (χ1n) is 6.66. The maximum absolute atomic E-state index is 10.5. The van der Waals surface area contributed by atoms with Gasteiger partial charge < -0.3 is 4.90 Å². The largest absolute Gasteiger partial charge is 0.332 e. The van der Waals surface area contributed by atoms with Crippen molar-refractivity contribution in [2.45, 2.75) is 32.7 Å². The monoisotopic (exact) mass is 276 g/mol. The number of nitrogens with one attached hydrogen (secondary N) is 1. The van der Waals surface area contributed by atoms with E-state index >= 15 is 0 Å². The predicted molar refractivity (Wildman–Crippen MR) is 78.0 cm³/mol. The lowest BCUT2D eigenvalue weighted by atomic mass is 9.87. The maximum atomic E-state index is 10.5. The van der Waals surface area contributed by atoms with Crippen molar-refractivity contribution < 1.29 is 5.03 Å². The lowest BCUT2D eigenvalue weighted by Crippen LogP contribution is -2.40. The van der Waals surface area contributed by atoms with Crippen molar-refractivity contribution in [2.24, 2.45) is 4.99 Å². The predicted octanol–water partition coefficient (Wildman–Crippen LogP) is 1.94. The second-order valence-corrected chi connectivity index (χ2v) is 5.94. The Hall–Kier alpha value is -2.11. The summed E-state index contributed by atoms with van der Waals surface area (Å²) < 4.78 is 0. The van der Waals surface area contributed by atoms with Gasteiger partial charge in [0.2, 0.25) is 0 Å². The van der Waals surface area contributed by atoms with Gasteiger partial charge in [0.15, 0.2) is 5.03 Å². The van der Waals surface area contributed by atoms with Gasteiger partial charge >= 0.3 is 0 Å². The second-order valence-electron chi connectivity index (χ2n) is 5.94. The molecule has 6 nitrogen and oxygen atoms in total. The standard InChI is InChI=1S/C14H20N4O2/c1-14(2,3)12-6-4-11(5-7-12)10-17-9-8-15-13(17)16-18(19)20/h4-7H,8-10H2,1-3H3,(H,15,16). The fraction of sp³-hybridized carbons (Fsp3) is 0.500. The van der Waals surface area contributed by atoms with E-state index in [0.717, 1.165) is 5.56 Å². The van der Waals surface area contributed by atoms with E-state index in [-0.39, 0.29) is 5.41 Å². The van der Waals surface area contributed by atoms with Crippen LogP contribution in [0.25, 0.3) is 0 Å². The molecule has 108 valence electrons. The summed E-state index contributed by atoms with van der Waals surface area (Å²) in [6.07, 6.45) is 0. The third-order valence-electron chi connectivity index (χ3n) is 3.32. The van der Waals surface area contributed by atoms with Crippen molar-refractivity contribution in [3.05, 3.63) is 45.5 Å². The molecule has 1 aliphatic rings. The Morgan fingerprint density at radius 1 is 1.35 bits per heavy atom. The van der Waals surface area contributed by atoms with Crippen LogP contribution in [0.4, 0.5) is 0 Å². The number of nitrogens with zero attached hydrogens (tertiary/aromatic N) is 3. The molecule has 6 heteroatoms. The summed E-state index contributed by atoms with van der Waals surface area (Å²) >= 11 is 0. The van der Waals surface area contributed by atoms with Crippen molar-refractivity contribution in [3.63, 3.8) is 0 Å². The molecule has 0 aliphatic carbocycles. The topological polar surface area (TPSA) is 70.8 Å². The van der Waals surface area contributed by atoms with Crippen molar-refractivity contribution in [2.75, 3.05) is 13.1 Å². The Morgan fingerprint density at radius 3 is 2.55 bits per heavy atom. The summed E-state index contributed by atoms with van der Waals surface area (Å²) in [4.78, 5) is 16.5. The molecule has 20 heavy (non-hydrogen) atoms. The highest BCUT2D eigenvalue weighted by Gasteiger charge is 2.21. The molecule has 0 aromatic heterocycles. The first-order chi connectivity index (χ1) is 9.36. The molecule has 1 aromatic rings. The smallest absolute Gasteiger partial charge is 0.257 e. The summed E-state index contributed by atoms with van der Waals surface area (Å²) in [6.45, 7) is 8.45. The third kappa shape index (κ3) is 3.46. The summed E-state index contributed by atoms with van der Waals surface area (Å²) in [5.74, 6) is 0.342. The number of guanidine groups is 1. The Kier molecular flexibility index (Phi) is 3.92. The van der Waals surface area contributed by atoms with Crippen LogP contribution in [0.2, 0.25) is 0 Å². The Morgan fingerprint density at radius 2 is 2.00 bits per heavy atom. The lowest BCUT2D eigenvalue weighted by molar-refractivity contribution is -0.526. The van der Waals surface area contributed by atoms with Gasteiger partial charge in [-0.05, 0) is 16.5 Å². The van der Waals surface area contributed by atoms with Gasteiger partial charge in [0.1, 0.15) is 0 Å². The fourth-order valence-corrected chi connectivity index (χ4v) is 2.15. The Labute approximate surface area is 118 Å². The van der Waals surface area contributed by atoms with Gasteiger partial charge in [-0.15, -0.1) is 0 Å². The van der Waals surface area contributed by atoms with E-state index in [9.17, 15) is 10.1 Å². The molecule has 0 unspecified atom stereocenters. The van der Waals surface area contributed by atoms with Crippen LogP contribution in [-0.2, 0) is 12.0 Å². The third-order valence-corrected chi connectivity index (χ3v) is 3.32. The highest BCUT2D eigenvalue weighted by molar-refractivity contribution is 5.80. The van der Waals surface area contributed by atoms with Gasteiger partial charge in [-0.25, -0.2) is 15.1 Å². The molecule has 0 fully saturated rings. The van der Waals surface area contributed by atoms with Crippen LogP contribution in [0.15, 0.2) is 29.3 Å². The van der Waals surface area contributed by atoms with Gasteiger partial charge in [-0.2, -0.15) is 0 Å². The van der Waals surface area contributed by atoms with E-state index in [0.29, 0.717) is 25.6 Å². The van der Waals surface area contributed by atoms with E-state index in [1.807, 2.05) is 4.90 Å². The number of hydrazine groups is 1. The maximum Gasteiger partial charge on any atom is 0.257 e. The van der Waals surface area contributed by atoms with Crippen LogP contribution in [-0.4, -0.2) is 29.0 Å². The minimum absolute atomic E-state index is 0.131. The van der Waals surface area contributed by atoms with Crippen LogP contribution in [0, 0.1) is 10.1 Å². The summed E-state index contributed by atoms with van der Waals surface area (Å²) in [6, 6.07) is 8.37. The first-order valence-corrected chi connectivity index (χ1v) is 6.66. The Balaban J connectivity index is 2.03. The molecule has 1 aromatic carbocycles. The summed E-state index contributed by atoms with van der Waals surface area (Å²) in [5, 5.41) is 9.93. The van der Waals surface area contributed by atoms with Gasteiger partial charge in [0.25, 0.3) is 5.96 Å². The number of benzene rings is 1. The molecule has 0 saturated carbocycles. The number of hydrogen-bond donors (Lipinski definition) is 1. The molecule has 2 rings (SSSR count). The van der Waals surface area contributed by atoms with E-state index < -0.39 is 5.03 Å². The average molecular weight is 276 g/mol. The van der Waals surface area contributed by atoms with Gasteiger partial charge in [0, 0.05) is 13.1 Å². The van der Waals surface area contributed by atoms with E-state index in [2.05, 4.69) is 55.5 Å². The number of hydrogen-bond acceptors (Lipinski definition) is 4. The average Bonchev–Trinajstić information content (AvgIpc) is 2.75. The van der Waals surface area contributed by atoms with Crippen LogP contribution in [0.3, 0.4) is 0 Å². The minimum Gasteiger partial charge on any atom is -0.332 e. The SMILES string of the molecule is CC(C)(C)c1ccc(CN2CCN=C2N[N+](=O)[O-])cc1. The zero-order valence-electron chi connectivity index (χ0n) is 12.1. The molecule has 0 radical (unpaired) electrons. The fourth-order valence-electron chi connectivity index (χ4n) is 2.15. The molecule has 1 N–H and O–H groups in total. The molecule has 0 saturated heterocycles. The highest BCUT2D eigenvalue weighted by Crippen LogP contribution is 2.22. The molecular weight excluding hydrogens is 256 g/mol.